The Hall–Kier alpha value is -4.20. The Bertz CT molecular complexity index is 924. The highest BCUT2D eigenvalue weighted by Gasteiger charge is 2.12. The van der Waals surface area contributed by atoms with E-state index in [1.54, 1.807) is 0 Å². The smallest absolute Gasteiger partial charge is 0.343 e. The first-order chi connectivity index (χ1) is 13.3. The van der Waals surface area contributed by atoms with Gasteiger partial charge in [-0.2, -0.15) is 0 Å². The molecule has 0 heterocycles. The third-order valence-corrected chi connectivity index (χ3v) is 3.67. The van der Waals surface area contributed by atoms with Crippen LogP contribution in [0.5, 0.6) is 11.5 Å². The Balaban J connectivity index is 1.67. The van der Waals surface area contributed by atoms with Crippen LogP contribution < -0.4 is 32.4 Å². The fourth-order valence-corrected chi connectivity index (χ4v) is 2.50. The molecular formula is C20H18N4O4. The van der Waals surface area contributed by atoms with Crippen LogP contribution >= 0.6 is 0 Å². The minimum Gasteiger partial charge on any atom is -0.423 e. The Morgan fingerprint density at radius 1 is 0.536 bits per heavy atom. The van der Waals surface area contributed by atoms with E-state index >= 15 is 0 Å². The van der Waals surface area contributed by atoms with Gasteiger partial charge in [-0.1, -0.05) is 0 Å². The lowest BCUT2D eigenvalue weighted by molar-refractivity contribution is 0.0719. The highest BCUT2D eigenvalue weighted by atomic mass is 16.5. The van der Waals surface area contributed by atoms with Gasteiger partial charge in [-0.05, 0) is 60.7 Å². The van der Waals surface area contributed by atoms with Crippen molar-refractivity contribution in [2.75, 3.05) is 22.9 Å². The Labute approximate surface area is 160 Å². The second-order valence-electron chi connectivity index (χ2n) is 6.03. The number of rotatable bonds is 4. The van der Waals surface area contributed by atoms with Gasteiger partial charge in [-0.3, -0.25) is 0 Å². The van der Waals surface area contributed by atoms with Gasteiger partial charge in [0.2, 0.25) is 0 Å². The largest absolute Gasteiger partial charge is 0.423 e. The number of esters is 2. The quantitative estimate of drug-likeness (QED) is 0.306. The Morgan fingerprint density at radius 2 is 0.821 bits per heavy atom. The van der Waals surface area contributed by atoms with E-state index in [0.717, 1.165) is 0 Å². The summed E-state index contributed by atoms with van der Waals surface area (Å²) in [5.41, 5.74) is 24.6. The standard InChI is InChI=1S/C20H18N4O4/c21-13-5-11(6-14(22)9-13)19(25)27-17-1-2-18(4-3-17)28-20(26)12-7-15(23)10-16(24)8-12/h1-10H,21-24H2. The van der Waals surface area contributed by atoms with E-state index in [1.165, 1.54) is 60.7 Å². The van der Waals surface area contributed by atoms with Crippen LogP contribution in [0, 0.1) is 0 Å². The normalized spacial score (nSPS) is 10.3. The van der Waals surface area contributed by atoms with Crippen molar-refractivity contribution in [3.63, 3.8) is 0 Å². The topological polar surface area (TPSA) is 157 Å². The first kappa shape index (κ1) is 18.6. The number of nitrogen functional groups attached to an aromatic ring is 4. The van der Waals surface area contributed by atoms with E-state index in [9.17, 15) is 9.59 Å². The number of hydrogen-bond donors (Lipinski definition) is 4. The molecule has 0 aliphatic carbocycles. The first-order valence-corrected chi connectivity index (χ1v) is 8.16. The summed E-state index contributed by atoms with van der Waals surface area (Å²) >= 11 is 0. The molecule has 142 valence electrons. The Kier molecular flexibility index (Phi) is 5.03. The van der Waals surface area contributed by atoms with Gasteiger partial charge >= 0.3 is 11.9 Å². The van der Waals surface area contributed by atoms with Gasteiger partial charge in [0.05, 0.1) is 11.1 Å². The van der Waals surface area contributed by atoms with Gasteiger partial charge in [0.15, 0.2) is 0 Å². The molecule has 0 amide bonds. The maximum atomic E-state index is 12.2. The molecule has 0 aliphatic rings. The molecule has 0 fully saturated rings. The number of hydrogen-bond acceptors (Lipinski definition) is 8. The van der Waals surface area contributed by atoms with Crippen molar-refractivity contribution in [2.24, 2.45) is 0 Å². The van der Waals surface area contributed by atoms with Gasteiger partial charge in [0.25, 0.3) is 0 Å². The number of nitrogens with two attached hydrogens (primary N) is 4. The van der Waals surface area contributed by atoms with Crippen molar-refractivity contribution in [1.82, 2.24) is 0 Å². The van der Waals surface area contributed by atoms with Gasteiger partial charge in [-0.15, -0.1) is 0 Å². The monoisotopic (exact) mass is 378 g/mol. The van der Waals surface area contributed by atoms with Crippen LogP contribution in [-0.4, -0.2) is 11.9 Å². The van der Waals surface area contributed by atoms with E-state index in [4.69, 9.17) is 32.4 Å². The van der Waals surface area contributed by atoms with Crippen LogP contribution in [0.25, 0.3) is 0 Å². The van der Waals surface area contributed by atoms with E-state index in [0.29, 0.717) is 22.7 Å². The first-order valence-electron chi connectivity index (χ1n) is 8.16. The van der Waals surface area contributed by atoms with Gasteiger partial charge < -0.3 is 32.4 Å². The van der Waals surface area contributed by atoms with Crippen molar-refractivity contribution >= 4 is 34.7 Å². The number of benzene rings is 3. The molecule has 0 aliphatic heterocycles. The second kappa shape index (κ2) is 7.58. The van der Waals surface area contributed by atoms with Crippen molar-refractivity contribution < 1.29 is 19.1 Å². The highest BCUT2D eigenvalue weighted by molar-refractivity contribution is 5.94. The maximum Gasteiger partial charge on any atom is 0.343 e. The van der Waals surface area contributed by atoms with Gasteiger partial charge in [-0.25, -0.2) is 9.59 Å². The molecule has 0 radical (unpaired) electrons. The van der Waals surface area contributed by atoms with Gasteiger partial charge in [0, 0.05) is 22.7 Å². The summed E-state index contributed by atoms with van der Waals surface area (Å²) in [7, 11) is 0. The molecule has 8 heteroatoms. The lowest BCUT2D eigenvalue weighted by Crippen LogP contribution is -2.11. The summed E-state index contributed by atoms with van der Waals surface area (Å²) in [5.74, 6) is -0.698. The summed E-state index contributed by atoms with van der Waals surface area (Å²) in [4.78, 5) is 24.4. The van der Waals surface area contributed by atoms with E-state index in [1.807, 2.05) is 0 Å². The van der Waals surface area contributed by atoms with Crippen LogP contribution in [0.1, 0.15) is 20.7 Å². The van der Waals surface area contributed by atoms with Crippen molar-refractivity contribution in [2.45, 2.75) is 0 Å². The summed E-state index contributed by atoms with van der Waals surface area (Å²) < 4.78 is 10.5. The Morgan fingerprint density at radius 3 is 1.11 bits per heavy atom. The summed E-state index contributed by atoms with van der Waals surface area (Å²) in [6, 6.07) is 14.9. The molecule has 3 aromatic carbocycles. The predicted molar refractivity (Wildman–Crippen MR) is 107 cm³/mol. The van der Waals surface area contributed by atoms with Crippen LogP contribution in [0.15, 0.2) is 60.7 Å². The van der Waals surface area contributed by atoms with Crippen molar-refractivity contribution in [3.05, 3.63) is 71.8 Å². The number of ether oxygens (including phenoxy) is 2. The van der Waals surface area contributed by atoms with Crippen LogP contribution in [-0.2, 0) is 0 Å². The zero-order valence-corrected chi connectivity index (χ0v) is 14.7. The zero-order chi connectivity index (χ0) is 20.3. The minimum atomic E-state index is -0.612. The molecule has 3 aromatic rings. The zero-order valence-electron chi connectivity index (χ0n) is 14.7. The molecule has 0 atom stereocenters. The third-order valence-electron chi connectivity index (χ3n) is 3.67. The minimum absolute atomic E-state index is 0.229. The fraction of sp³-hybridized carbons (Fsp3) is 0. The van der Waals surface area contributed by atoms with Crippen molar-refractivity contribution in [1.29, 1.82) is 0 Å². The molecule has 0 saturated heterocycles. The molecule has 0 bridgehead atoms. The van der Waals surface area contributed by atoms with Gasteiger partial charge in [0.1, 0.15) is 11.5 Å². The molecule has 0 spiro atoms. The molecule has 0 aromatic heterocycles. The molecular weight excluding hydrogens is 360 g/mol. The average Bonchev–Trinajstić information content (AvgIpc) is 2.61. The van der Waals surface area contributed by atoms with Crippen LogP contribution in [0.2, 0.25) is 0 Å². The number of carbonyl (C=O) groups excluding carboxylic acids is 2. The summed E-state index contributed by atoms with van der Waals surface area (Å²) in [6.45, 7) is 0. The SMILES string of the molecule is Nc1cc(N)cc(C(=O)Oc2ccc(OC(=O)c3cc(N)cc(N)c3)cc2)c1. The highest BCUT2D eigenvalue weighted by Crippen LogP contribution is 2.22. The van der Waals surface area contributed by atoms with Crippen molar-refractivity contribution in [3.8, 4) is 11.5 Å². The number of anilines is 4. The van der Waals surface area contributed by atoms with Crippen LogP contribution in [0.3, 0.4) is 0 Å². The van der Waals surface area contributed by atoms with E-state index in [2.05, 4.69) is 0 Å². The molecule has 8 nitrogen and oxygen atoms in total. The van der Waals surface area contributed by atoms with E-state index < -0.39 is 11.9 Å². The lowest BCUT2D eigenvalue weighted by Gasteiger charge is -2.08. The predicted octanol–water partition coefficient (Wildman–Crippen LogP) is 2.45. The third kappa shape index (κ3) is 4.50. The average molecular weight is 378 g/mol. The number of carbonyl (C=O) groups is 2. The van der Waals surface area contributed by atoms with Crippen LogP contribution in [0.4, 0.5) is 22.7 Å². The summed E-state index contributed by atoms with van der Waals surface area (Å²) in [6.07, 6.45) is 0. The van der Waals surface area contributed by atoms with E-state index in [-0.39, 0.29) is 22.6 Å². The lowest BCUT2D eigenvalue weighted by atomic mass is 10.2. The fourth-order valence-electron chi connectivity index (χ4n) is 2.50. The molecule has 8 N–H and O–H groups in total. The second-order valence-corrected chi connectivity index (χ2v) is 6.03. The molecule has 28 heavy (non-hydrogen) atoms. The summed E-state index contributed by atoms with van der Waals surface area (Å²) in [5, 5.41) is 0. The molecule has 0 saturated carbocycles. The molecule has 3 rings (SSSR count). The maximum absolute atomic E-state index is 12.2. The molecule has 0 unspecified atom stereocenters.